The van der Waals surface area contributed by atoms with Gasteiger partial charge in [-0.2, -0.15) is 0 Å². The lowest BCUT2D eigenvalue weighted by molar-refractivity contribution is 0.0563. The van der Waals surface area contributed by atoms with Crippen molar-refractivity contribution < 1.29 is 14.6 Å². The lowest BCUT2D eigenvalue weighted by atomic mass is 9.95. The van der Waals surface area contributed by atoms with Crippen molar-refractivity contribution in [1.82, 2.24) is 0 Å². The molecule has 1 aromatic carbocycles. The second-order valence-corrected chi connectivity index (χ2v) is 4.23. The molecule has 2 atom stereocenters. The van der Waals surface area contributed by atoms with E-state index in [1.54, 1.807) is 7.11 Å². The Morgan fingerprint density at radius 2 is 2.31 bits per heavy atom. The van der Waals surface area contributed by atoms with Gasteiger partial charge in [0.1, 0.15) is 5.75 Å². The molecule has 1 N–H and O–H groups in total. The van der Waals surface area contributed by atoms with Crippen molar-refractivity contribution in [2.45, 2.75) is 24.9 Å². The highest BCUT2D eigenvalue weighted by Gasteiger charge is 2.23. The standard InChI is InChI=1S/C13H18O3/c1-15-9-11(14)7-6-10-8-16-13-5-3-2-4-12(10)13/h2-5,10-11,14H,6-9H2,1H3. The first kappa shape index (κ1) is 11.4. The molecule has 0 aliphatic carbocycles. The summed E-state index contributed by atoms with van der Waals surface area (Å²) in [6, 6.07) is 8.13. The predicted molar refractivity (Wildman–Crippen MR) is 61.8 cm³/mol. The summed E-state index contributed by atoms with van der Waals surface area (Å²) in [6.07, 6.45) is 1.34. The van der Waals surface area contributed by atoms with Gasteiger partial charge in [-0.25, -0.2) is 0 Å². The van der Waals surface area contributed by atoms with E-state index in [-0.39, 0.29) is 6.10 Å². The van der Waals surface area contributed by atoms with Crippen LogP contribution in [0.2, 0.25) is 0 Å². The minimum atomic E-state index is -0.363. The number of aliphatic hydroxyl groups is 1. The molecule has 3 heteroatoms. The summed E-state index contributed by atoms with van der Waals surface area (Å²) in [5.74, 6) is 1.41. The predicted octanol–water partition coefficient (Wildman–Crippen LogP) is 1.95. The van der Waals surface area contributed by atoms with Crippen LogP contribution in [0.15, 0.2) is 24.3 Å². The van der Waals surface area contributed by atoms with Crippen molar-refractivity contribution in [3.05, 3.63) is 29.8 Å². The monoisotopic (exact) mass is 222 g/mol. The fourth-order valence-electron chi connectivity index (χ4n) is 2.14. The van der Waals surface area contributed by atoms with E-state index in [0.29, 0.717) is 12.5 Å². The second kappa shape index (κ2) is 5.32. The maximum atomic E-state index is 9.59. The summed E-state index contributed by atoms with van der Waals surface area (Å²) in [7, 11) is 1.61. The molecule has 1 aromatic rings. The second-order valence-electron chi connectivity index (χ2n) is 4.23. The van der Waals surface area contributed by atoms with Gasteiger partial charge in [-0.3, -0.25) is 0 Å². The fourth-order valence-corrected chi connectivity index (χ4v) is 2.14. The van der Waals surface area contributed by atoms with Gasteiger partial charge in [0.05, 0.1) is 19.3 Å². The van der Waals surface area contributed by atoms with Crippen LogP contribution in [0.25, 0.3) is 0 Å². The molecule has 88 valence electrons. The number of rotatable bonds is 5. The number of fused-ring (bicyclic) bond motifs is 1. The van der Waals surface area contributed by atoms with E-state index in [2.05, 4.69) is 6.07 Å². The highest BCUT2D eigenvalue weighted by molar-refractivity contribution is 5.39. The molecule has 0 bridgehead atoms. The van der Waals surface area contributed by atoms with E-state index in [0.717, 1.165) is 25.2 Å². The number of benzene rings is 1. The van der Waals surface area contributed by atoms with Crippen LogP contribution >= 0.6 is 0 Å². The van der Waals surface area contributed by atoms with Crippen molar-refractivity contribution in [2.24, 2.45) is 0 Å². The van der Waals surface area contributed by atoms with Crippen LogP contribution in [0.3, 0.4) is 0 Å². The fraction of sp³-hybridized carbons (Fsp3) is 0.538. The Morgan fingerprint density at radius 3 is 3.12 bits per heavy atom. The largest absolute Gasteiger partial charge is 0.493 e. The number of aliphatic hydroxyl groups excluding tert-OH is 1. The molecule has 0 saturated heterocycles. The van der Waals surface area contributed by atoms with Gasteiger partial charge in [0.15, 0.2) is 0 Å². The first-order valence-corrected chi connectivity index (χ1v) is 5.70. The van der Waals surface area contributed by atoms with Crippen LogP contribution in [0.1, 0.15) is 24.3 Å². The maximum Gasteiger partial charge on any atom is 0.122 e. The van der Waals surface area contributed by atoms with Crippen molar-refractivity contribution in [3.8, 4) is 5.75 Å². The minimum absolute atomic E-state index is 0.363. The summed E-state index contributed by atoms with van der Waals surface area (Å²) < 4.78 is 10.5. The van der Waals surface area contributed by atoms with E-state index in [1.165, 1.54) is 5.56 Å². The zero-order valence-corrected chi connectivity index (χ0v) is 9.56. The summed E-state index contributed by atoms with van der Waals surface area (Å²) in [6.45, 7) is 1.15. The minimum Gasteiger partial charge on any atom is -0.493 e. The quantitative estimate of drug-likeness (QED) is 0.827. The molecule has 0 saturated carbocycles. The first-order valence-electron chi connectivity index (χ1n) is 5.70. The van der Waals surface area contributed by atoms with Gasteiger partial charge in [-0.05, 0) is 18.9 Å². The molecule has 1 heterocycles. The molecule has 0 aromatic heterocycles. The third-order valence-corrected chi connectivity index (χ3v) is 3.01. The van der Waals surface area contributed by atoms with E-state index in [1.807, 2.05) is 18.2 Å². The Morgan fingerprint density at radius 1 is 1.50 bits per heavy atom. The third kappa shape index (κ3) is 2.54. The Balaban J connectivity index is 1.88. The lowest BCUT2D eigenvalue weighted by Crippen LogP contribution is -2.15. The molecule has 2 rings (SSSR count). The van der Waals surface area contributed by atoms with Gasteiger partial charge in [0, 0.05) is 18.6 Å². The van der Waals surface area contributed by atoms with Gasteiger partial charge in [-0.1, -0.05) is 18.2 Å². The average Bonchev–Trinajstić information content (AvgIpc) is 2.70. The zero-order chi connectivity index (χ0) is 11.4. The number of ether oxygens (including phenoxy) is 2. The average molecular weight is 222 g/mol. The smallest absolute Gasteiger partial charge is 0.122 e. The Kier molecular flexibility index (Phi) is 3.80. The van der Waals surface area contributed by atoms with E-state index >= 15 is 0 Å². The molecule has 0 amide bonds. The molecule has 0 fully saturated rings. The molecule has 0 spiro atoms. The molecule has 16 heavy (non-hydrogen) atoms. The normalized spacial score (nSPS) is 20.2. The molecule has 2 unspecified atom stereocenters. The van der Waals surface area contributed by atoms with E-state index in [9.17, 15) is 5.11 Å². The van der Waals surface area contributed by atoms with Gasteiger partial charge in [0.25, 0.3) is 0 Å². The van der Waals surface area contributed by atoms with Crippen LogP contribution in [0.5, 0.6) is 5.75 Å². The molecule has 3 nitrogen and oxygen atoms in total. The molecular weight excluding hydrogens is 204 g/mol. The van der Waals surface area contributed by atoms with Crippen LogP contribution in [-0.4, -0.2) is 31.5 Å². The van der Waals surface area contributed by atoms with Crippen molar-refractivity contribution in [2.75, 3.05) is 20.3 Å². The molecule has 1 aliphatic heterocycles. The SMILES string of the molecule is COCC(O)CCC1COc2ccccc21. The van der Waals surface area contributed by atoms with E-state index < -0.39 is 0 Å². The summed E-state index contributed by atoms with van der Waals surface area (Å²) >= 11 is 0. The number of methoxy groups -OCH3 is 1. The van der Waals surface area contributed by atoms with Crippen LogP contribution < -0.4 is 4.74 Å². The van der Waals surface area contributed by atoms with Crippen molar-refractivity contribution >= 4 is 0 Å². The number of hydrogen-bond acceptors (Lipinski definition) is 3. The highest BCUT2D eigenvalue weighted by atomic mass is 16.5. The first-order chi connectivity index (χ1) is 7.81. The Labute approximate surface area is 96.0 Å². The maximum absolute atomic E-state index is 9.59. The molecule has 1 aliphatic rings. The van der Waals surface area contributed by atoms with E-state index in [4.69, 9.17) is 9.47 Å². The van der Waals surface area contributed by atoms with Crippen LogP contribution in [0.4, 0.5) is 0 Å². The zero-order valence-electron chi connectivity index (χ0n) is 9.56. The van der Waals surface area contributed by atoms with Crippen LogP contribution in [-0.2, 0) is 4.74 Å². The number of hydrogen-bond donors (Lipinski definition) is 1. The van der Waals surface area contributed by atoms with Gasteiger partial charge in [-0.15, -0.1) is 0 Å². The summed E-state index contributed by atoms with van der Waals surface area (Å²) in [5.41, 5.74) is 1.27. The van der Waals surface area contributed by atoms with Crippen LogP contribution in [0, 0.1) is 0 Å². The van der Waals surface area contributed by atoms with Gasteiger partial charge < -0.3 is 14.6 Å². The Bertz CT molecular complexity index is 338. The summed E-state index contributed by atoms with van der Waals surface area (Å²) in [5, 5.41) is 9.59. The van der Waals surface area contributed by atoms with Gasteiger partial charge in [0.2, 0.25) is 0 Å². The summed E-state index contributed by atoms with van der Waals surface area (Å²) in [4.78, 5) is 0. The van der Waals surface area contributed by atoms with Crippen molar-refractivity contribution in [3.63, 3.8) is 0 Å². The molecule has 0 radical (unpaired) electrons. The van der Waals surface area contributed by atoms with Gasteiger partial charge >= 0.3 is 0 Å². The lowest BCUT2D eigenvalue weighted by Gasteiger charge is -2.12. The topological polar surface area (TPSA) is 38.7 Å². The third-order valence-electron chi connectivity index (χ3n) is 3.01. The molecular formula is C13H18O3. The number of para-hydroxylation sites is 1. The van der Waals surface area contributed by atoms with Crippen molar-refractivity contribution in [1.29, 1.82) is 0 Å². The Hall–Kier alpha value is -1.06. The highest BCUT2D eigenvalue weighted by Crippen LogP contribution is 2.36.